The van der Waals surface area contributed by atoms with E-state index in [1.54, 1.807) is 6.07 Å². The number of alkyl halides is 3. The third-order valence-electron chi connectivity index (χ3n) is 2.45. The molecule has 0 radical (unpaired) electrons. The molecule has 0 saturated heterocycles. The summed E-state index contributed by atoms with van der Waals surface area (Å²) in [7, 11) is 0. The second-order valence-corrected chi connectivity index (χ2v) is 3.94. The predicted octanol–water partition coefficient (Wildman–Crippen LogP) is 2.83. The van der Waals surface area contributed by atoms with Gasteiger partial charge in [-0.25, -0.2) is 9.37 Å². The highest BCUT2D eigenvalue weighted by Gasteiger charge is 2.33. The maximum Gasteiger partial charge on any atom is 0.433 e. The minimum atomic E-state index is -4.62. The molecule has 0 unspecified atom stereocenters. The number of aromatic nitrogens is 2. The quantitative estimate of drug-likeness (QED) is 0.852. The van der Waals surface area contributed by atoms with Crippen molar-refractivity contribution in [2.75, 3.05) is 11.1 Å². The van der Waals surface area contributed by atoms with Crippen LogP contribution in [0.15, 0.2) is 30.3 Å². The van der Waals surface area contributed by atoms with Crippen LogP contribution in [0.4, 0.5) is 29.3 Å². The van der Waals surface area contributed by atoms with Gasteiger partial charge in [-0.1, -0.05) is 18.2 Å². The van der Waals surface area contributed by atoms with Crippen molar-refractivity contribution in [2.24, 2.45) is 0 Å². The van der Waals surface area contributed by atoms with Crippen LogP contribution in [0.5, 0.6) is 0 Å². The molecular weight excluding hydrogens is 276 g/mol. The Bertz CT molecular complexity index is 613. The van der Waals surface area contributed by atoms with E-state index in [9.17, 15) is 17.6 Å². The summed E-state index contributed by atoms with van der Waals surface area (Å²) >= 11 is 0. The van der Waals surface area contributed by atoms with Crippen LogP contribution in [-0.2, 0) is 12.7 Å². The number of nitrogen functional groups attached to an aromatic ring is 1. The van der Waals surface area contributed by atoms with E-state index >= 15 is 0 Å². The third-order valence-corrected chi connectivity index (χ3v) is 2.45. The average molecular weight is 286 g/mol. The van der Waals surface area contributed by atoms with E-state index in [1.165, 1.54) is 18.2 Å². The molecule has 0 bridgehead atoms. The molecule has 0 aliphatic rings. The first kappa shape index (κ1) is 14.0. The highest BCUT2D eigenvalue weighted by molar-refractivity contribution is 5.42. The minimum absolute atomic E-state index is 0.0135. The summed E-state index contributed by atoms with van der Waals surface area (Å²) in [6.45, 7) is -0.0135. The van der Waals surface area contributed by atoms with Crippen molar-refractivity contribution in [2.45, 2.75) is 12.7 Å². The predicted molar refractivity (Wildman–Crippen MR) is 65.2 cm³/mol. The van der Waals surface area contributed by atoms with E-state index in [2.05, 4.69) is 15.3 Å². The topological polar surface area (TPSA) is 63.8 Å². The van der Waals surface area contributed by atoms with E-state index in [-0.39, 0.29) is 12.4 Å². The molecule has 106 valence electrons. The Morgan fingerprint density at radius 2 is 1.85 bits per heavy atom. The summed E-state index contributed by atoms with van der Waals surface area (Å²) < 4.78 is 51.0. The lowest BCUT2D eigenvalue weighted by molar-refractivity contribution is -0.141. The van der Waals surface area contributed by atoms with E-state index < -0.39 is 23.6 Å². The zero-order valence-corrected chi connectivity index (χ0v) is 10.1. The lowest BCUT2D eigenvalue weighted by Gasteiger charge is -2.10. The average Bonchev–Trinajstić information content (AvgIpc) is 2.36. The summed E-state index contributed by atoms with van der Waals surface area (Å²) in [5.41, 5.74) is 4.37. The van der Waals surface area contributed by atoms with Crippen LogP contribution < -0.4 is 11.1 Å². The summed E-state index contributed by atoms with van der Waals surface area (Å²) in [6.07, 6.45) is -4.62. The van der Waals surface area contributed by atoms with Crippen LogP contribution >= 0.6 is 0 Å². The summed E-state index contributed by atoms with van der Waals surface area (Å²) in [5, 5.41) is 2.58. The first-order valence-electron chi connectivity index (χ1n) is 5.55. The molecule has 1 aromatic carbocycles. The number of nitrogens with zero attached hydrogens (tertiary/aromatic N) is 2. The Kier molecular flexibility index (Phi) is 3.73. The van der Waals surface area contributed by atoms with E-state index in [4.69, 9.17) is 5.73 Å². The highest BCUT2D eigenvalue weighted by atomic mass is 19.4. The van der Waals surface area contributed by atoms with Gasteiger partial charge in [0.25, 0.3) is 0 Å². The maximum atomic E-state index is 13.4. The van der Waals surface area contributed by atoms with Crippen molar-refractivity contribution in [1.29, 1.82) is 0 Å². The minimum Gasteiger partial charge on any atom is -0.368 e. The van der Waals surface area contributed by atoms with E-state index in [1.807, 2.05) is 0 Å². The van der Waals surface area contributed by atoms with Gasteiger partial charge in [0, 0.05) is 18.2 Å². The Morgan fingerprint density at radius 1 is 1.15 bits per heavy atom. The highest BCUT2D eigenvalue weighted by Crippen LogP contribution is 2.29. The largest absolute Gasteiger partial charge is 0.433 e. The van der Waals surface area contributed by atoms with Crippen LogP contribution in [0.1, 0.15) is 11.3 Å². The van der Waals surface area contributed by atoms with Crippen molar-refractivity contribution < 1.29 is 17.6 Å². The van der Waals surface area contributed by atoms with Gasteiger partial charge in [-0.3, -0.25) is 0 Å². The Labute approximate surface area is 111 Å². The molecule has 4 nitrogen and oxygen atoms in total. The summed E-state index contributed by atoms with van der Waals surface area (Å²) in [6, 6.07) is 6.63. The van der Waals surface area contributed by atoms with Gasteiger partial charge >= 0.3 is 6.18 Å². The third kappa shape index (κ3) is 3.34. The molecule has 1 aromatic heterocycles. The second kappa shape index (κ2) is 5.32. The van der Waals surface area contributed by atoms with Gasteiger partial charge in [-0.05, 0) is 6.07 Å². The number of rotatable bonds is 3. The number of nitrogens with one attached hydrogen (secondary N) is 1. The van der Waals surface area contributed by atoms with Gasteiger partial charge in [0.1, 0.15) is 11.6 Å². The molecule has 8 heteroatoms. The first-order valence-corrected chi connectivity index (χ1v) is 5.55. The zero-order valence-electron chi connectivity index (χ0n) is 10.1. The number of hydrogen-bond donors (Lipinski definition) is 2. The fourth-order valence-electron chi connectivity index (χ4n) is 1.53. The van der Waals surface area contributed by atoms with Crippen molar-refractivity contribution in [3.63, 3.8) is 0 Å². The molecule has 0 aliphatic carbocycles. The van der Waals surface area contributed by atoms with Gasteiger partial charge in [-0.2, -0.15) is 18.2 Å². The lowest BCUT2D eigenvalue weighted by Crippen LogP contribution is -2.13. The van der Waals surface area contributed by atoms with Crippen LogP contribution in [0, 0.1) is 5.82 Å². The van der Waals surface area contributed by atoms with Gasteiger partial charge in [0.2, 0.25) is 5.95 Å². The van der Waals surface area contributed by atoms with Crippen LogP contribution in [-0.4, -0.2) is 9.97 Å². The molecule has 0 amide bonds. The smallest absolute Gasteiger partial charge is 0.368 e. The number of benzene rings is 1. The van der Waals surface area contributed by atoms with Crippen LogP contribution in [0.3, 0.4) is 0 Å². The Balaban J connectivity index is 2.18. The molecular formula is C12H10F4N4. The standard InChI is InChI=1S/C12H10F4N4/c13-8-4-2-1-3-7(8)6-18-10-5-9(12(14,15)16)19-11(17)20-10/h1-5H,6H2,(H3,17,18,19,20). The monoisotopic (exact) mass is 286 g/mol. The fourth-order valence-corrected chi connectivity index (χ4v) is 1.53. The summed E-state index contributed by atoms with van der Waals surface area (Å²) in [5.74, 6) is -1.08. The molecule has 2 aromatic rings. The second-order valence-electron chi connectivity index (χ2n) is 3.94. The van der Waals surface area contributed by atoms with Crippen molar-refractivity contribution in [3.05, 3.63) is 47.4 Å². The number of hydrogen-bond acceptors (Lipinski definition) is 4. The van der Waals surface area contributed by atoms with Crippen molar-refractivity contribution >= 4 is 11.8 Å². The number of anilines is 2. The molecule has 2 rings (SSSR count). The molecule has 0 spiro atoms. The van der Waals surface area contributed by atoms with Gasteiger partial charge in [0.05, 0.1) is 0 Å². The van der Waals surface area contributed by atoms with Gasteiger partial charge in [0.15, 0.2) is 5.69 Å². The maximum absolute atomic E-state index is 13.4. The fraction of sp³-hybridized carbons (Fsp3) is 0.167. The number of halogens is 4. The normalized spacial score (nSPS) is 11.4. The molecule has 1 heterocycles. The molecule has 0 aliphatic heterocycles. The SMILES string of the molecule is Nc1nc(NCc2ccccc2F)cc(C(F)(F)F)n1. The molecule has 20 heavy (non-hydrogen) atoms. The zero-order chi connectivity index (χ0) is 14.8. The molecule has 0 fully saturated rings. The van der Waals surface area contributed by atoms with E-state index in [0.29, 0.717) is 5.56 Å². The van der Waals surface area contributed by atoms with Crippen molar-refractivity contribution in [1.82, 2.24) is 9.97 Å². The van der Waals surface area contributed by atoms with Gasteiger partial charge in [-0.15, -0.1) is 0 Å². The lowest BCUT2D eigenvalue weighted by atomic mass is 10.2. The van der Waals surface area contributed by atoms with Gasteiger partial charge < -0.3 is 11.1 Å². The van der Waals surface area contributed by atoms with E-state index in [0.717, 1.165) is 6.07 Å². The molecule has 3 N–H and O–H groups in total. The molecule has 0 atom stereocenters. The Morgan fingerprint density at radius 3 is 2.50 bits per heavy atom. The Hall–Kier alpha value is -2.38. The molecule has 0 saturated carbocycles. The van der Waals surface area contributed by atoms with Crippen LogP contribution in [0.2, 0.25) is 0 Å². The first-order chi connectivity index (χ1) is 9.36. The van der Waals surface area contributed by atoms with Crippen LogP contribution in [0.25, 0.3) is 0 Å². The number of nitrogens with two attached hydrogens (primary N) is 1. The summed E-state index contributed by atoms with van der Waals surface area (Å²) in [4.78, 5) is 6.73. The van der Waals surface area contributed by atoms with Crippen molar-refractivity contribution in [3.8, 4) is 0 Å².